The number of benzene rings is 2. The van der Waals surface area contributed by atoms with Crippen molar-refractivity contribution in [3.63, 3.8) is 0 Å². The summed E-state index contributed by atoms with van der Waals surface area (Å²) in [6.45, 7) is 0. The zero-order valence-electron chi connectivity index (χ0n) is 13.2. The quantitative estimate of drug-likeness (QED) is 0.470. The van der Waals surface area contributed by atoms with Crippen LogP contribution in [-0.2, 0) is 19.1 Å². The first kappa shape index (κ1) is 16.1. The van der Waals surface area contributed by atoms with E-state index in [4.69, 9.17) is 9.47 Å². The molecular formula is C18H14O8. The van der Waals surface area contributed by atoms with Crippen LogP contribution in [0.3, 0.4) is 0 Å². The molecule has 0 radical (unpaired) electrons. The Morgan fingerprint density at radius 3 is 1.35 bits per heavy atom. The standard InChI is InChI=1S/C18H14O8/c19-9-3-1-7(5-11(9)21)15-13-14(18(24)25-15)16(26-17(13)23)8-2-4-10(20)12(22)6-8/h1-6,13-16,19-22H/t13?,14?,15-,16-/m0/s1. The fourth-order valence-corrected chi connectivity index (χ4v) is 3.46. The fraction of sp³-hybridized carbons (Fsp3) is 0.222. The zero-order valence-corrected chi connectivity index (χ0v) is 13.2. The number of fused-ring (bicyclic) bond motifs is 1. The first-order valence-corrected chi connectivity index (χ1v) is 7.81. The van der Waals surface area contributed by atoms with Crippen LogP contribution in [0, 0.1) is 11.8 Å². The van der Waals surface area contributed by atoms with Gasteiger partial charge in [0.05, 0.1) is 0 Å². The molecule has 26 heavy (non-hydrogen) atoms. The number of aromatic hydroxyl groups is 4. The van der Waals surface area contributed by atoms with Gasteiger partial charge >= 0.3 is 11.9 Å². The summed E-state index contributed by atoms with van der Waals surface area (Å²) in [5, 5.41) is 38.2. The van der Waals surface area contributed by atoms with Gasteiger partial charge in [0.25, 0.3) is 0 Å². The van der Waals surface area contributed by atoms with Crippen LogP contribution in [0.5, 0.6) is 23.0 Å². The molecular weight excluding hydrogens is 344 g/mol. The van der Waals surface area contributed by atoms with Crippen LogP contribution < -0.4 is 0 Å². The average Bonchev–Trinajstić information content (AvgIpc) is 3.12. The normalized spacial score (nSPS) is 27.1. The van der Waals surface area contributed by atoms with E-state index in [1.165, 1.54) is 36.4 Å². The molecule has 0 saturated carbocycles. The number of cyclic esters (lactones) is 2. The zero-order chi connectivity index (χ0) is 18.6. The predicted molar refractivity (Wildman–Crippen MR) is 84.2 cm³/mol. The van der Waals surface area contributed by atoms with E-state index in [-0.39, 0.29) is 11.5 Å². The number of phenolic OH excluding ortho intramolecular Hbond substituents is 4. The van der Waals surface area contributed by atoms with Crippen LogP contribution in [0.4, 0.5) is 0 Å². The lowest BCUT2D eigenvalue weighted by atomic mass is 9.84. The van der Waals surface area contributed by atoms with Crippen molar-refractivity contribution in [1.82, 2.24) is 0 Å². The Morgan fingerprint density at radius 1 is 0.615 bits per heavy atom. The van der Waals surface area contributed by atoms with Crippen LogP contribution in [-0.4, -0.2) is 32.4 Å². The number of carbonyl (C=O) groups excluding carboxylic acids is 2. The molecule has 0 aliphatic carbocycles. The number of hydrogen-bond acceptors (Lipinski definition) is 8. The van der Waals surface area contributed by atoms with Crippen LogP contribution in [0.2, 0.25) is 0 Å². The van der Waals surface area contributed by atoms with Crippen molar-refractivity contribution < 1.29 is 39.5 Å². The van der Waals surface area contributed by atoms with Gasteiger partial charge in [-0.15, -0.1) is 0 Å². The predicted octanol–water partition coefficient (Wildman–Crippen LogP) is 1.64. The second-order valence-corrected chi connectivity index (χ2v) is 6.26. The Morgan fingerprint density at radius 2 is 1.00 bits per heavy atom. The third-order valence-corrected chi connectivity index (χ3v) is 4.73. The lowest BCUT2D eigenvalue weighted by molar-refractivity contribution is -0.154. The van der Waals surface area contributed by atoms with Crippen molar-refractivity contribution in [2.24, 2.45) is 11.8 Å². The summed E-state index contributed by atoms with van der Waals surface area (Å²) in [6, 6.07) is 7.82. The van der Waals surface area contributed by atoms with Crippen molar-refractivity contribution >= 4 is 11.9 Å². The second-order valence-electron chi connectivity index (χ2n) is 6.26. The van der Waals surface area contributed by atoms with Gasteiger partial charge in [0.15, 0.2) is 23.0 Å². The number of hydrogen-bond donors (Lipinski definition) is 4. The molecule has 0 bridgehead atoms. The molecule has 2 aliphatic heterocycles. The maximum Gasteiger partial charge on any atom is 0.314 e. The number of rotatable bonds is 2. The fourth-order valence-electron chi connectivity index (χ4n) is 3.46. The lowest BCUT2D eigenvalue weighted by Gasteiger charge is -2.15. The Balaban J connectivity index is 1.71. The second kappa shape index (κ2) is 5.55. The van der Waals surface area contributed by atoms with Crippen molar-refractivity contribution in [2.45, 2.75) is 12.2 Å². The molecule has 8 heteroatoms. The van der Waals surface area contributed by atoms with Gasteiger partial charge in [-0.25, -0.2) is 0 Å². The van der Waals surface area contributed by atoms with Gasteiger partial charge < -0.3 is 29.9 Å². The van der Waals surface area contributed by atoms with Gasteiger partial charge in [0.2, 0.25) is 0 Å². The van der Waals surface area contributed by atoms with E-state index >= 15 is 0 Å². The molecule has 0 amide bonds. The first-order chi connectivity index (χ1) is 12.4. The minimum Gasteiger partial charge on any atom is -0.504 e. The van der Waals surface area contributed by atoms with E-state index in [0.29, 0.717) is 11.1 Å². The molecule has 4 N–H and O–H groups in total. The molecule has 2 aromatic carbocycles. The molecule has 0 aromatic heterocycles. The highest BCUT2D eigenvalue weighted by Gasteiger charge is 2.60. The third kappa shape index (κ3) is 2.30. The van der Waals surface area contributed by atoms with E-state index in [1.807, 2.05) is 0 Å². The van der Waals surface area contributed by atoms with Crippen LogP contribution in [0.25, 0.3) is 0 Å². The van der Waals surface area contributed by atoms with Crippen LogP contribution >= 0.6 is 0 Å². The highest BCUT2D eigenvalue weighted by Crippen LogP contribution is 2.52. The van der Waals surface area contributed by atoms with Crippen molar-refractivity contribution in [2.75, 3.05) is 0 Å². The van der Waals surface area contributed by atoms with Crippen LogP contribution in [0.15, 0.2) is 36.4 Å². The lowest BCUT2D eigenvalue weighted by Crippen LogP contribution is -2.19. The largest absolute Gasteiger partial charge is 0.504 e. The summed E-state index contributed by atoms with van der Waals surface area (Å²) in [6.07, 6.45) is -1.91. The Labute approximate surface area is 146 Å². The molecule has 2 unspecified atom stereocenters. The summed E-state index contributed by atoms with van der Waals surface area (Å²) >= 11 is 0. The highest BCUT2D eigenvalue weighted by molar-refractivity contribution is 5.89. The molecule has 134 valence electrons. The molecule has 4 rings (SSSR count). The van der Waals surface area contributed by atoms with Gasteiger partial charge in [-0.3, -0.25) is 9.59 Å². The number of carbonyl (C=O) groups is 2. The summed E-state index contributed by atoms with van der Waals surface area (Å²) in [5.41, 5.74) is 0.708. The van der Waals surface area contributed by atoms with Gasteiger partial charge in [-0.2, -0.15) is 0 Å². The maximum absolute atomic E-state index is 12.4. The monoisotopic (exact) mass is 358 g/mol. The molecule has 2 saturated heterocycles. The minimum atomic E-state index is -0.956. The SMILES string of the molecule is O=C1O[C@@H](c2ccc(O)c(O)c2)C2C(=O)O[C@@H](c3ccc(O)c(O)c3)C12. The van der Waals surface area contributed by atoms with Gasteiger partial charge in [-0.1, -0.05) is 12.1 Å². The summed E-state index contributed by atoms with van der Waals surface area (Å²) in [5.74, 6) is -4.59. The maximum atomic E-state index is 12.4. The minimum absolute atomic E-state index is 0.332. The third-order valence-electron chi connectivity index (χ3n) is 4.73. The molecule has 4 atom stereocenters. The molecule has 2 fully saturated rings. The van der Waals surface area contributed by atoms with Crippen molar-refractivity contribution in [3.05, 3.63) is 47.5 Å². The van der Waals surface area contributed by atoms with E-state index in [9.17, 15) is 30.0 Å². The Hall–Kier alpha value is -3.42. The summed E-state index contributed by atoms with van der Waals surface area (Å²) in [4.78, 5) is 24.8. The van der Waals surface area contributed by atoms with E-state index in [2.05, 4.69) is 0 Å². The van der Waals surface area contributed by atoms with E-state index < -0.39 is 47.5 Å². The molecule has 8 nitrogen and oxygen atoms in total. The Kier molecular flexibility index (Phi) is 3.43. The van der Waals surface area contributed by atoms with Crippen molar-refractivity contribution in [1.29, 1.82) is 0 Å². The molecule has 2 heterocycles. The first-order valence-electron chi connectivity index (χ1n) is 7.81. The van der Waals surface area contributed by atoms with Gasteiger partial charge in [0.1, 0.15) is 24.0 Å². The number of esters is 2. The van der Waals surface area contributed by atoms with Gasteiger partial charge in [0, 0.05) is 0 Å². The van der Waals surface area contributed by atoms with Crippen LogP contribution in [0.1, 0.15) is 23.3 Å². The van der Waals surface area contributed by atoms with Crippen molar-refractivity contribution in [3.8, 4) is 23.0 Å². The topological polar surface area (TPSA) is 134 Å². The molecule has 0 spiro atoms. The average molecular weight is 358 g/mol. The summed E-state index contributed by atoms with van der Waals surface area (Å²) < 4.78 is 10.7. The highest BCUT2D eigenvalue weighted by atomic mass is 16.6. The number of phenols is 4. The molecule has 2 aliphatic rings. The smallest absolute Gasteiger partial charge is 0.314 e. The number of ether oxygens (including phenoxy) is 2. The Bertz CT molecular complexity index is 846. The van der Waals surface area contributed by atoms with E-state index in [0.717, 1.165) is 0 Å². The van der Waals surface area contributed by atoms with E-state index in [1.54, 1.807) is 0 Å². The molecule has 2 aromatic rings. The van der Waals surface area contributed by atoms with Gasteiger partial charge in [-0.05, 0) is 35.4 Å². The summed E-state index contributed by atoms with van der Waals surface area (Å²) in [7, 11) is 0.